The van der Waals surface area contributed by atoms with E-state index in [-0.39, 0.29) is 22.5 Å². The highest BCUT2D eigenvalue weighted by Crippen LogP contribution is 2.28. The molecule has 0 aliphatic carbocycles. The highest BCUT2D eigenvalue weighted by molar-refractivity contribution is 6.32. The minimum absolute atomic E-state index is 0.0566. The van der Waals surface area contributed by atoms with Gasteiger partial charge in [-0.05, 0) is 24.3 Å². The van der Waals surface area contributed by atoms with Gasteiger partial charge in [-0.2, -0.15) is 0 Å². The fourth-order valence-electron chi connectivity index (χ4n) is 1.32. The molecule has 0 spiro atoms. The quantitative estimate of drug-likeness (QED) is 0.392. The van der Waals surface area contributed by atoms with Crippen molar-refractivity contribution in [2.45, 2.75) is 0 Å². The predicted molar refractivity (Wildman–Crippen MR) is 68.2 cm³/mol. The van der Waals surface area contributed by atoms with Crippen LogP contribution in [0.1, 0.15) is 5.56 Å². The summed E-state index contributed by atoms with van der Waals surface area (Å²) in [6, 6.07) is 6.85. The molecule has 0 unspecified atom stereocenters. The molecular formula is C12H9ClFN3O2. The van der Waals surface area contributed by atoms with Gasteiger partial charge in [-0.1, -0.05) is 16.8 Å². The molecule has 0 aliphatic heterocycles. The summed E-state index contributed by atoms with van der Waals surface area (Å²) in [5.74, 6) is 0.0292. The number of oxime groups is 1. The Morgan fingerprint density at radius 2 is 2.16 bits per heavy atom. The van der Waals surface area contributed by atoms with Crippen LogP contribution in [0.3, 0.4) is 0 Å². The number of pyridine rings is 1. The topological polar surface area (TPSA) is 80.7 Å². The lowest BCUT2D eigenvalue weighted by Crippen LogP contribution is -2.13. The first-order valence-electron chi connectivity index (χ1n) is 5.17. The van der Waals surface area contributed by atoms with E-state index in [0.29, 0.717) is 5.56 Å². The summed E-state index contributed by atoms with van der Waals surface area (Å²) in [6.07, 6.45) is 1.38. The van der Waals surface area contributed by atoms with Gasteiger partial charge in [0.25, 0.3) is 0 Å². The Kier molecular flexibility index (Phi) is 3.82. The lowest BCUT2D eigenvalue weighted by molar-refractivity contribution is 0.318. The maximum Gasteiger partial charge on any atom is 0.219 e. The number of hydrogen-bond donors (Lipinski definition) is 2. The second-order valence-corrected chi connectivity index (χ2v) is 3.95. The van der Waals surface area contributed by atoms with E-state index in [0.717, 1.165) is 6.07 Å². The number of hydrogen-bond acceptors (Lipinski definition) is 4. The molecule has 1 aromatic carbocycles. The Bertz CT molecular complexity index is 617. The highest BCUT2D eigenvalue weighted by atomic mass is 35.5. The number of ether oxygens (including phenoxy) is 1. The van der Waals surface area contributed by atoms with Gasteiger partial charge in [0.1, 0.15) is 11.6 Å². The zero-order valence-electron chi connectivity index (χ0n) is 9.55. The van der Waals surface area contributed by atoms with Crippen molar-refractivity contribution in [2.24, 2.45) is 10.9 Å². The molecule has 0 saturated heterocycles. The highest BCUT2D eigenvalue weighted by Gasteiger charge is 2.06. The molecule has 0 saturated carbocycles. The SMILES string of the molecule is N/C(=N\O)c1ccc(Oc2ccc(F)cc2Cl)nc1. The average molecular weight is 282 g/mol. The Balaban J connectivity index is 2.20. The lowest BCUT2D eigenvalue weighted by Gasteiger charge is -2.07. The van der Waals surface area contributed by atoms with Gasteiger partial charge in [0.2, 0.25) is 5.88 Å². The summed E-state index contributed by atoms with van der Waals surface area (Å²) >= 11 is 5.82. The first kappa shape index (κ1) is 13.1. The van der Waals surface area contributed by atoms with E-state index < -0.39 is 5.82 Å². The molecule has 5 nitrogen and oxygen atoms in total. The molecular weight excluding hydrogens is 273 g/mol. The van der Waals surface area contributed by atoms with Gasteiger partial charge in [-0.25, -0.2) is 9.37 Å². The number of benzene rings is 1. The maximum absolute atomic E-state index is 12.9. The molecule has 0 bridgehead atoms. The summed E-state index contributed by atoms with van der Waals surface area (Å²) in [7, 11) is 0. The standard InChI is InChI=1S/C12H9ClFN3O2/c13-9-5-8(14)2-3-10(9)19-11-4-1-7(6-16-11)12(15)17-18/h1-6,18H,(H2,15,17). The number of aromatic nitrogens is 1. The minimum atomic E-state index is -0.451. The molecule has 3 N–H and O–H groups in total. The molecule has 98 valence electrons. The van der Waals surface area contributed by atoms with E-state index >= 15 is 0 Å². The van der Waals surface area contributed by atoms with E-state index in [9.17, 15) is 4.39 Å². The van der Waals surface area contributed by atoms with Gasteiger partial charge < -0.3 is 15.7 Å². The van der Waals surface area contributed by atoms with Crippen molar-refractivity contribution >= 4 is 17.4 Å². The van der Waals surface area contributed by atoms with Gasteiger partial charge in [0, 0.05) is 17.8 Å². The number of nitrogens with zero attached hydrogens (tertiary/aromatic N) is 2. The van der Waals surface area contributed by atoms with Crippen molar-refractivity contribution < 1.29 is 14.3 Å². The third-order valence-electron chi connectivity index (χ3n) is 2.25. The van der Waals surface area contributed by atoms with Gasteiger partial charge >= 0.3 is 0 Å². The Labute approximate surface area is 113 Å². The van der Waals surface area contributed by atoms with Crippen LogP contribution in [0.25, 0.3) is 0 Å². The smallest absolute Gasteiger partial charge is 0.219 e. The second kappa shape index (κ2) is 5.53. The Hall–Kier alpha value is -2.34. The molecule has 0 aliphatic rings. The number of nitrogens with two attached hydrogens (primary N) is 1. The third-order valence-corrected chi connectivity index (χ3v) is 2.54. The largest absolute Gasteiger partial charge is 0.437 e. The zero-order valence-corrected chi connectivity index (χ0v) is 10.3. The first-order valence-corrected chi connectivity index (χ1v) is 5.55. The normalized spacial score (nSPS) is 11.4. The van der Waals surface area contributed by atoms with Crippen LogP contribution in [0.2, 0.25) is 5.02 Å². The fourth-order valence-corrected chi connectivity index (χ4v) is 1.53. The number of halogens is 2. The van der Waals surface area contributed by atoms with E-state index in [2.05, 4.69) is 10.1 Å². The van der Waals surface area contributed by atoms with Crippen molar-refractivity contribution in [3.8, 4) is 11.6 Å². The van der Waals surface area contributed by atoms with Crippen molar-refractivity contribution in [2.75, 3.05) is 0 Å². The van der Waals surface area contributed by atoms with Crippen LogP contribution in [0.15, 0.2) is 41.7 Å². The molecule has 19 heavy (non-hydrogen) atoms. The van der Waals surface area contributed by atoms with Crippen molar-refractivity contribution in [3.63, 3.8) is 0 Å². The van der Waals surface area contributed by atoms with Gasteiger partial charge in [0.05, 0.1) is 5.02 Å². The van der Waals surface area contributed by atoms with E-state index in [1.165, 1.54) is 24.4 Å². The van der Waals surface area contributed by atoms with Crippen molar-refractivity contribution in [1.82, 2.24) is 4.98 Å². The molecule has 1 aromatic heterocycles. The molecule has 2 rings (SSSR count). The zero-order chi connectivity index (χ0) is 13.8. The van der Waals surface area contributed by atoms with Crippen LogP contribution in [0.5, 0.6) is 11.6 Å². The summed E-state index contributed by atoms with van der Waals surface area (Å²) < 4.78 is 18.2. The molecule has 1 heterocycles. The first-order chi connectivity index (χ1) is 9.10. The van der Waals surface area contributed by atoms with Gasteiger partial charge in [0.15, 0.2) is 5.84 Å². The summed E-state index contributed by atoms with van der Waals surface area (Å²) in [5, 5.41) is 11.5. The van der Waals surface area contributed by atoms with Gasteiger partial charge in [-0.15, -0.1) is 0 Å². The molecule has 7 heteroatoms. The van der Waals surface area contributed by atoms with Crippen LogP contribution >= 0.6 is 11.6 Å². The second-order valence-electron chi connectivity index (χ2n) is 3.55. The summed E-state index contributed by atoms with van der Waals surface area (Å²) in [4.78, 5) is 3.96. The Morgan fingerprint density at radius 1 is 1.37 bits per heavy atom. The molecule has 0 radical (unpaired) electrons. The van der Waals surface area contributed by atoms with Crippen LogP contribution in [0, 0.1) is 5.82 Å². The van der Waals surface area contributed by atoms with Crippen LogP contribution in [0.4, 0.5) is 4.39 Å². The molecule has 0 amide bonds. The van der Waals surface area contributed by atoms with E-state index in [1.807, 2.05) is 0 Å². The predicted octanol–water partition coefficient (Wildman–Crippen LogP) is 2.76. The lowest BCUT2D eigenvalue weighted by atomic mass is 10.3. The number of rotatable bonds is 3. The summed E-state index contributed by atoms with van der Waals surface area (Å²) in [5.41, 5.74) is 5.84. The van der Waals surface area contributed by atoms with Crippen LogP contribution in [-0.2, 0) is 0 Å². The third kappa shape index (κ3) is 3.11. The Morgan fingerprint density at radius 3 is 2.74 bits per heavy atom. The van der Waals surface area contributed by atoms with Crippen LogP contribution < -0.4 is 10.5 Å². The molecule has 0 atom stereocenters. The molecule has 0 fully saturated rings. The monoisotopic (exact) mass is 281 g/mol. The summed E-state index contributed by atoms with van der Waals surface area (Å²) in [6.45, 7) is 0. The number of amidine groups is 1. The minimum Gasteiger partial charge on any atom is -0.437 e. The van der Waals surface area contributed by atoms with Gasteiger partial charge in [-0.3, -0.25) is 0 Å². The van der Waals surface area contributed by atoms with Crippen molar-refractivity contribution in [3.05, 3.63) is 52.9 Å². The van der Waals surface area contributed by atoms with Crippen molar-refractivity contribution in [1.29, 1.82) is 0 Å². The molecule has 2 aromatic rings. The van der Waals surface area contributed by atoms with Crippen LogP contribution in [-0.4, -0.2) is 16.0 Å². The van der Waals surface area contributed by atoms with E-state index in [4.69, 9.17) is 27.3 Å². The maximum atomic E-state index is 12.9. The van der Waals surface area contributed by atoms with E-state index in [1.54, 1.807) is 6.07 Å². The fraction of sp³-hybridized carbons (Fsp3) is 0. The average Bonchev–Trinajstić information content (AvgIpc) is 2.42.